The van der Waals surface area contributed by atoms with E-state index < -0.39 is 5.60 Å². The van der Waals surface area contributed by atoms with Gasteiger partial charge < -0.3 is 20.3 Å². The fraction of sp³-hybridized carbons (Fsp3) is 0.438. The van der Waals surface area contributed by atoms with Crippen LogP contribution in [-0.4, -0.2) is 47.2 Å². The SMILES string of the molecule is O=C1NCC2(CCCN(C(=O)Nc3ccc4scnc4c3)CC2)O1. The van der Waals surface area contributed by atoms with Gasteiger partial charge in [-0.25, -0.2) is 14.6 Å². The van der Waals surface area contributed by atoms with Crippen molar-refractivity contribution in [3.63, 3.8) is 0 Å². The average molecular weight is 346 g/mol. The van der Waals surface area contributed by atoms with Gasteiger partial charge in [0.2, 0.25) is 0 Å². The third kappa shape index (κ3) is 2.89. The van der Waals surface area contributed by atoms with Gasteiger partial charge in [0.25, 0.3) is 0 Å². The van der Waals surface area contributed by atoms with Crippen molar-refractivity contribution in [2.45, 2.75) is 24.9 Å². The Morgan fingerprint density at radius 3 is 3.12 bits per heavy atom. The molecule has 2 aliphatic rings. The zero-order valence-corrected chi connectivity index (χ0v) is 13.9. The van der Waals surface area contributed by atoms with Crippen molar-refractivity contribution in [1.29, 1.82) is 0 Å². The Balaban J connectivity index is 1.41. The fourth-order valence-electron chi connectivity index (χ4n) is 3.29. The molecule has 1 unspecified atom stereocenters. The summed E-state index contributed by atoms with van der Waals surface area (Å²) in [6.07, 6.45) is 1.89. The maximum Gasteiger partial charge on any atom is 0.407 e. The van der Waals surface area contributed by atoms with Gasteiger partial charge in [-0.15, -0.1) is 11.3 Å². The Labute approximate surface area is 143 Å². The normalized spacial score (nSPS) is 23.8. The lowest BCUT2D eigenvalue weighted by Crippen LogP contribution is -2.38. The Kier molecular flexibility index (Phi) is 3.76. The topological polar surface area (TPSA) is 83.6 Å². The summed E-state index contributed by atoms with van der Waals surface area (Å²) in [5.41, 5.74) is 2.97. The molecule has 2 N–H and O–H groups in total. The van der Waals surface area contributed by atoms with Gasteiger partial charge >= 0.3 is 12.1 Å². The summed E-state index contributed by atoms with van der Waals surface area (Å²) >= 11 is 1.57. The van der Waals surface area contributed by atoms with E-state index in [1.165, 1.54) is 0 Å². The number of carbonyl (C=O) groups excluding carboxylic acids is 2. The van der Waals surface area contributed by atoms with Gasteiger partial charge in [-0.1, -0.05) is 0 Å². The van der Waals surface area contributed by atoms with Gasteiger partial charge in [0.1, 0.15) is 5.60 Å². The Morgan fingerprint density at radius 2 is 2.29 bits per heavy atom. The van der Waals surface area contributed by atoms with Crippen LogP contribution in [-0.2, 0) is 4.74 Å². The quantitative estimate of drug-likeness (QED) is 0.832. The zero-order chi connectivity index (χ0) is 16.6. The molecular formula is C16H18N4O3S. The largest absolute Gasteiger partial charge is 0.441 e. The number of amides is 3. The van der Waals surface area contributed by atoms with E-state index in [4.69, 9.17) is 4.74 Å². The Bertz CT molecular complexity index is 792. The molecule has 0 radical (unpaired) electrons. The summed E-state index contributed by atoms with van der Waals surface area (Å²) < 4.78 is 6.54. The average Bonchev–Trinajstić information content (AvgIpc) is 3.10. The minimum Gasteiger partial charge on any atom is -0.441 e. The molecule has 24 heavy (non-hydrogen) atoms. The number of carbonyl (C=O) groups is 2. The van der Waals surface area contributed by atoms with Crippen LogP contribution in [0, 0.1) is 0 Å². The van der Waals surface area contributed by atoms with Crippen LogP contribution >= 0.6 is 11.3 Å². The lowest BCUT2D eigenvalue weighted by atomic mass is 9.95. The number of thiazole rings is 1. The first kappa shape index (κ1) is 15.2. The summed E-state index contributed by atoms with van der Waals surface area (Å²) in [4.78, 5) is 29.9. The van der Waals surface area contributed by atoms with Crippen LogP contribution in [0.3, 0.4) is 0 Å². The summed E-state index contributed by atoms with van der Waals surface area (Å²) in [6.45, 7) is 1.76. The Hall–Kier alpha value is -2.35. The monoisotopic (exact) mass is 346 g/mol. The van der Waals surface area contributed by atoms with E-state index in [0.29, 0.717) is 26.1 Å². The molecule has 0 saturated carbocycles. The van der Waals surface area contributed by atoms with Crippen LogP contribution in [0.1, 0.15) is 19.3 Å². The fourth-order valence-corrected chi connectivity index (χ4v) is 3.95. The van der Waals surface area contributed by atoms with Crippen molar-refractivity contribution in [2.75, 3.05) is 25.0 Å². The Morgan fingerprint density at radius 1 is 1.38 bits per heavy atom. The zero-order valence-electron chi connectivity index (χ0n) is 13.1. The molecule has 7 nitrogen and oxygen atoms in total. The van der Waals surface area contributed by atoms with Crippen LogP contribution in [0.15, 0.2) is 23.7 Å². The van der Waals surface area contributed by atoms with Crippen molar-refractivity contribution in [3.05, 3.63) is 23.7 Å². The van der Waals surface area contributed by atoms with E-state index in [1.807, 2.05) is 18.2 Å². The number of likely N-dealkylation sites (tertiary alicyclic amines) is 1. The van der Waals surface area contributed by atoms with Gasteiger partial charge in [0.05, 0.1) is 22.3 Å². The number of nitrogens with one attached hydrogen (secondary N) is 2. The van der Waals surface area contributed by atoms with E-state index in [-0.39, 0.29) is 12.1 Å². The molecule has 1 aromatic carbocycles. The van der Waals surface area contributed by atoms with Crippen LogP contribution in [0.5, 0.6) is 0 Å². The number of hydrogen-bond donors (Lipinski definition) is 2. The standard InChI is InChI=1S/C16H18N4O3S/c21-14(19-11-2-3-13-12(8-11)18-10-24-13)20-6-1-4-16(5-7-20)9-17-15(22)23-16/h2-3,8,10H,1,4-7,9H2,(H,17,22)(H,19,21). The third-order valence-corrected chi connectivity index (χ3v) is 5.44. The van der Waals surface area contributed by atoms with E-state index in [2.05, 4.69) is 15.6 Å². The number of benzene rings is 1. The van der Waals surface area contributed by atoms with Crippen molar-refractivity contribution >= 4 is 39.4 Å². The number of alkyl carbamates (subject to hydrolysis) is 1. The van der Waals surface area contributed by atoms with E-state index in [9.17, 15) is 9.59 Å². The molecule has 1 aromatic heterocycles. The smallest absolute Gasteiger partial charge is 0.407 e. The number of aromatic nitrogens is 1. The highest BCUT2D eigenvalue weighted by Gasteiger charge is 2.41. The van der Waals surface area contributed by atoms with Gasteiger partial charge in [-0.3, -0.25) is 0 Å². The van der Waals surface area contributed by atoms with Crippen molar-refractivity contribution in [2.24, 2.45) is 0 Å². The van der Waals surface area contributed by atoms with Crippen LogP contribution < -0.4 is 10.6 Å². The number of urea groups is 1. The summed E-state index contributed by atoms with van der Waals surface area (Å²) in [5.74, 6) is 0. The summed E-state index contributed by atoms with van der Waals surface area (Å²) in [7, 11) is 0. The van der Waals surface area contributed by atoms with Crippen molar-refractivity contribution < 1.29 is 14.3 Å². The molecule has 0 aliphatic carbocycles. The summed E-state index contributed by atoms with van der Waals surface area (Å²) in [5, 5.41) is 5.66. The van der Waals surface area contributed by atoms with Crippen molar-refractivity contribution in [3.8, 4) is 0 Å². The third-order valence-electron chi connectivity index (χ3n) is 4.63. The van der Waals surface area contributed by atoms with Crippen LogP contribution in [0.2, 0.25) is 0 Å². The molecule has 2 aliphatic heterocycles. The number of hydrogen-bond acceptors (Lipinski definition) is 5. The maximum absolute atomic E-state index is 12.5. The first-order valence-corrected chi connectivity index (χ1v) is 8.88. The first-order valence-electron chi connectivity index (χ1n) is 8.00. The van der Waals surface area contributed by atoms with Gasteiger partial charge in [-0.05, 0) is 31.0 Å². The lowest BCUT2D eigenvalue weighted by Gasteiger charge is -2.25. The highest BCUT2D eigenvalue weighted by molar-refractivity contribution is 7.16. The van der Waals surface area contributed by atoms with Gasteiger partial charge in [0.15, 0.2) is 0 Å². The number of nitrogens with zero attached hydrogens (tertiary/aromatic N) is 2. The van der Waals surface area contributed by atoms with Gasteiger partial charge in [0, 0.05) is 25.2 Å². The molecule has 8 heteroatoms. The molecule has 0 bridgehead atoms. The molecule has 3 heterocycles. The number of rotatable bonds is 1. The highest BCUT2D eigenvalue weighted by Crippen LogP contribution is 2.29. The number of ether oxygens (including phenoxy) is 1. The van der Waals surface area contributed by atoms with E-state index >= 15 is 0 Å². The lowest BCUT2D eigenvalue weighted by molar-refractivity contribution is 0.0454. The second-order valence-electron chi connectivity index (χ2n) is 6.23. The molecule has 4 rings (SSSR count). The van der Waals surface area contributed by atoms with E-state index in [1.54, 1.807) is 21.7 Å². The number of anilines is 1. The second-order valence-corrected chi connectivity index (χ2v) is 7.12. The van der Waals surface area contributed by atoms with Crippen LogP contribution in [0.4, 0.5) is 15.3 Å². The second kappa shape index (κ2) is 5.94. The molecule has 2 saturated heterocycles. The minimum absolute atomic E-state index is 0.126. The highest BCUT2D eigenvalue weighted by atomic mass is 32.1. The van der Waals surface area contributed by atoms with Gasteiger partial charge in [-0.2, -0.15) is 0 Å². The maximum atomic E-state index is 12.5. The predicted molar refractivity (Wildman–Crippen MR) is 91.3 cm³/mol. The molecule has 2 aromatic rings. The first-order chi connectivity index (χ1) is 11.6. The molecule has 1 spiro atoms. The van der Waals surface area contributed by atoms with Crippen LogP contribution in [0.25, 0.3) is 10.2 Å². The molecule has 1 atom stereocenters. The molecule has 3 amide bonds. The molecule has 126 valence electrons. The summed E-state index contributed by atoms with van der Waals surface area (Å²) in [6, 6.07) is 5.61. The van der Waals surface area contributed by atoms with E-state index in [0.717, 1.165) is 28.7 Å². The minimum atomic E-state index is -0.453. The number of fused-ring (bicyclic) bond motifs is 1. The predicted octanol–water partition coefficient (Wildman–Crippen LogP) is 2.79. The molecule has 2 fully saturated rings. The molecular weight excluding hydrogens is 328 g/mol. The van der Waals surface area contributed by atoms with Crippen molar-refractivity contribution in [1.82, 2.24) is 15.2 Å².